The van der Waals surface area contributed by atoms with E-state index in [0.717, 1.165) is 42.0 Å². The molecule has 0 amide bonds. The van der Waals surface area contributed by atoms with E-state index in [9.17, 15) is 19.8 Å². The number of ketones is 1. The maximum Gasteiger partial charge on any atom is 0.309 e. The van der Waals surface area contributed by atoms with Crippen molar-refractivity contribution >= 4 is 29.2 Å². The van der Waals surface area contributed by atoms with Gasteiger partial charge in [-0.2, -0.15) is 0 Å². The lowest BCUT2D eigenvalue weighted by Crippen LogP contribution is -2.45. The number of aliphatic hydroxyl groups excluding tert-OH is 2. The number of nitrogens with zero attached hydrogens (tertiary/aromatic N) is 1. The molecule has 0 aromatic carbocycles. The maximum absolute atomic E-state index is 13.2. The number of hydrogen-bond acceptors (Lipinski definition) is 7. The number of aromatic nitrogens is 1. The van der Waals surface area contributed by atoms with E-state index >= 15 is 0 Å². The van der Waals surface area contributed by atoms with Gasteiger partial charge in [0.2, 0.25) is 0 Å². The van der Waals surface area contributed by atoms with Gasteiger partial charge in [0.25, 0.3) is 0 Å². The van der Waals surface area contributed by atoms with Crippen molar-refractivity contribution in [1.29, 1.82) is 0 Å². The Bertz CT molecular complexity index is 861. The van der Waals surface area contributed by atoms with Crippen molar-refractivity contribution in [3.8, 4) is 0 Å². The van der Waals surface area contributed by atoms with Crippen LogP contribution in [-0.4, -0.2) is 45.3 Å². The highest BCUT2D eigenvalue weighted by atomic mass is 32.1. The number of aliphatic hydroxyl groups is 2. The van der Waals surface area contributed by atoms with Crippen LogP contribution in [0.2, 0.25) is 0 Å². The van der Waals surface area contributed by atoms with Crippen LogP contribution in [0.1, 0.15) is 90.8 Å². The van der Waals surface area contributed by atoms with E-state index in [4.69, 9.17) is 4.74 Å². The summed E-state index contributed by atoms with van der Waals surface area (Å²) >= 11 is 1.57. The van der Waals surface area contributed by atoms with Gasteiger partial charge in [-0.05, 0) is 56.6 Å². The van der Waals surface area contributed by atoms with Crippen LogP contribution in [0.5, 0.6) is 0 Å². The third kappa shape index (κ3) is 7.72. The highest BCUT2D eigenvalue weighted by Gasteiger charge is 2.42. The Morgan fingerprint density at radius 2 is 1.82 bits per heavy atom. The molecule has 2 heterocycles. The van der Waals surface area contributed by atoms with Gasteiger partial charge >= 0.3 is 5.97 Å². The number of carbonyl (C=O) groups excluding carboxylic acids is 2. The Labute approximate surface area is 208 Å². The van der Waals surface area contributed by atoms with Gasteiger partial charge < -0.3 is 14.9 Å². The van der Waals surface area contributed by atoms with Gasteiger partial charge in [-0.1, -0.05) is 47.5 Å². The van der Waals surface area contributed by atoms with Crippen LogP contribution < -0.4 is 0 Å². The second-order valence-corrected chi connectivity index (χ2v) is 11.9. The summed E-state index contributed by atoms with van der Waals surface area (Å²) in [5.74, 6) is -0.964. The summed E-state index contributed by atoms with van der Waals surface area (Å²) in [6.07, 6.45) is 3.71. The summed E-state index contributed by atoms with van der Waals surface area (Å²) in [5, 5.41) is 24.6. The van der Waals surface area contributed by atoms with E-state index < -0.39 is 35.6 Å². The molecule has 1 unspecified atom stereocenters. The molecule has 6 atom stereocenters. The van der Waals surface area contributed by atoms with E-state index in [0.29, 0.717) is 12.3 Å². The standard InChI is InChI=1S/C27H43NO5S/c1-16-9-8-10-17(2)25(31)19(4)26(32)27(6,7)23(29)14-24(30)33-22(12-11-16)18(3)13-21-15-34-20(5)28-21/h13,15-17,19,22-23,25,29,31H,8-12,14H2,1-7H3/b18-13+/t16?,17-,19+,22-,23-,25-/m0/s1. The highest BCUT2D eigenvalue weighted by Crippen LogP contribution is 2.33. The molecular weight excluding hydrogens is 450 g/mol. The zero-order valence-corrected chi connectivity index (χ0v) is 22.7. The lowest BCUT2D eigenvalue weighted by molar-refractivity contribution is -0.154. The molecule has 1 aliphatic rings. The third-order valence-electron chi connectivity index (χ3n) is 7.41. The molecule has 1 saturated heterocycles. The summed E-state index contributed by atoms with van der Waals surface area (Å²) in [7, 11) is 0. The fraction of sp³-hybridized carbons (Fsp3) is 0.741. The van der Waals surface area contributed by atoms with Crippen LogP contribution in [-0.2, 0) is 14.3 Å². The van der Waals surface area contributed by atoms with E-state index in [1.165, 1.54) is 0 Å². The number of thiazole rings is 1. The Kier molecular flexibility index (Phi) is 10.5. The van der Waals surface area contributed by atoms with Crippen LogP contribution in [0.4, 0.5) is 0 Å². The fourth-order valence-electron chi connectivity index (χ4n) is 4.71. The topological polar surface area (TPSA) is 96.7 Å². The number of ether oxygens (including phenoxy) is 1. The van der Waals surface area contributed by atoms with Crippen LogP contribution >= 0.6 is 11.3 Å². The van der Waals surface area contributed by atoms with Crippen molar-refractivity contribution in [3.05, 3.63) is 21.7 Å². The lowest BCUT2D eigenvalue weighted by atomic mass is 9.73. The van der Waals surface area contributed by atoms with Crippen molar-refractivity contribution in [2.45, 2.75) is 105 Å². The first-order valence-electron chi connectivity index (χ1n) is 12.5. The summed E-state index contributed by atoms with van der Waals surface area (Å²) in [4.78, 5) is 30.5. The zero-order valence-electron chi connectivity index (χ0n) is 21.8. The quantitative estimate of drug-likeness (QED) is 0.539. The van der Waals surface area contributed by atoms with Crippen LogP contribution in [0.15, 0.2) is 11.0 Å². The fourth-order valence-corrected chi connectivity index (χ4v) is 5.28. The molecule has 0 aliphatic carbocycles. The number of Topliss-reactive ketones (excluding diaryl/α,β-unsaturated/α-hetero) is 1. The van der Waals surface area contributed by atoms with Gasteiger partial charge in [0.15, 0.2) is 0 Å². The van der Waals surface area contributed by atoms with Crippen molar-refractivity contribution in [3.63, 3.8) is 0 Å². The van der Waals surface area contributed by atoms with Crippen molar-refractivity contribution in [2.24, 2.45) is 23.2 Å². The number of aryl methyl sites for hydroxylation is 1. The Hall–Kier alpha value is -1.57. The van der Waals surface area contributed by atoms with Gasteiger partial charge in [0.05, 0.1) is 34.7 Å². The van der Waals surface area contributed by atoms with Gasteiger partial charge in [-0.15, -0.1) is 11.3 Å². The SMILES string of the molecule is C/C(=C\c1csc(C)n1)[C@@H]1CCC(C)CCC[C@H](C)[C@H](O)[C@@H](C)C(=O)C(C)(C)[C@@H](O)CC(=O)O1. The van der Waals surface area contributed by atoms with E-state index in [1.807, 2.05) is 32.2 Å². The molecule has 0 spiro atoms. The molecule has 0 bridgehead atoms. The molecule has 7 heteroatoms. The molecule has 1 fully saturated rings. The number of rotatable bonds is 2. The van der Waals surface area contributed by atoms with E-state index in [1.54, 1.807) is 32.1 Å². The summed E-state index contributed by atoms with van der Waals surface area (Å²) in [6, 6.07) is 0. The first kappa shape index (κ1) is 28.7. The van der Waals surface area contributed by atoms with Crippen molar-refractivity contribution in [2.75, 3.05) is 0 Å². The van der Waals surface area contributed by atoms with Gasteiger partial charge in [0, 0.05) is 11.3 Å². The average Bonchev–Trinajstić information content (AvgIpc) is 3.18. The smallest absolute Gasteiger partial charge is 0.309 e. The Morgan fingerprint density at radius 1 is 1.15 bits per heavy atom. The van der Waals surface area contributed by atoms with Gasteiger partial charge in [-0.25, -0.2) is 4.98 Å². The summed E-state index contributed by atoms with van der Waals surface area (Å²) in [6.45, 7) is 13.1. The minimum atomic E-state index is -1.20. The largest absolute Gasteiger partial charge is 0.458 e. The molecule has 6 nitrogen and oxygen atoms in total. The molecule has 1 aromatic heterocycles. The second kappa shape index (κ2) is 12.4. The van der Waals surface area contributed by atoms with E-state index in [-0.39, 0.29) is 18.1 Å². The molecule has 0 saturated carbocycles. The number of esters is 1. The van der Waals surface area contributed by atoms with Crippen LogP contribution in [0.3, 0.4) is 0 Å². The molecule has 0 radical (unpaired) electrons. The van der Waals surface area contributed by atoms with Crippen molar-refractivity contribution < 1.29 is 24.5 Å². The molecule has 2 N–H and O–H groups in total. The average molecular weight is 494 g/mol. The third-order valence-corrected chi connectivity index (χ3v) is 8.20. The van der Waals surface area contributed by atoms with Crippen molar-refractivity contribution in [1.82, 2.24) is 4.98 Å². The number of carbonyl (C=O) groups is 2. The van der Waals surface area contributed by atoms with Crippen LogP contribution in [0, 0.1) is 30.1 Å². The van der Waals surface area contributed by atoms with Gasteiger partial charge in [0.1, 0.15) is 11.9 Å². The summed E-state index contributed by atoms with van der Waals surface area (Å²) in [5.41, 5.74) is 0.593. The molecule has 192 valence electrons. The lowest BCUT2D eigenvalue weighted by Gasteiger charge is -2.34. The Balaban J connectivity index is 2.27. The predicted molar refractivity (Wildman–Crippen MR) is 136 cm³/mol. The Morgan fingerprint density at radius 3 is 2.44 bits per heavy atom. The number of hydrogen-bond donors (Lipinski definition) is 2. The van der Waals surface area contributed by atoms with E-state index in [2.05, 4.69) is 11.9 Å². The minimum Gasteiger partial charge on any atom is -0.458 e. The minimum absolute atomic E-state index is 0.0172. The molecule has 34 heavy (non-hydrogen) atoms. The molecule has 1 aromatic rings. The monoisotopic (exact) mass is 493 g/mol. The molecule has 1 aliphatic heterocycles. The van der Waals surface area contributed by atoms with Gasteiger partial charge in [-0.3, -0.25) is 9.59 Å². The highest BCUT2D eigenvalue weighted by molar-refractivity contribution is 7.09. The second-order valence-electron chi connectivity index (χ2n) is 10.8. The maximum atomic E-state index is 13.2. The normalized spacial score (nSPS) is 32.9. The summed E-state index contributed by atoms with van der Waals surface area (Å²) < 4.78 is 5.85. The predicted octanol–water partition coefficient (Wildman–Crippen LogP) is 5.35. The first-order chi connectivity index (χ1) is 15.8. The zero-order chi connectivity index (χ0) is 25.6. The molecule has 2 rings (SSSR count). The number of cyclic esters (lactones) is 1. The first-order valence-corrected chi connectivity index (χ1v) is 13.4. The van der Waals surface area contributed by atoms with Crippen LogP contribution in [0.25, 0.3) is 6.08 Å². The molecular formula is C27H43NO5S.